The summed E-state index contributed by atoms with van der Waals surface area (Å²) in [6, 6.07) is 15.8. The first-order chi connectivity index (χ1) is 13.0. The lowest BCUT2D eigenvalue weighted by molar-refractivity contribution is 0.0600. The van der Waals surface area contributed by atoms with E-state index in [9.17, 15) is 9.59 Å². The third kappa shape index (κ3) is 4.66. The van der Waals surface area contributed by atoms with Crippen LogP contribution in [0, 0.1) is 6.92 Å². The van der Waals surface area contributed by atoms with E-state index in [0.717, 1.165) is 11.3 Å². The zero-order valence-corrected chi connectivity index (χ0v) is 14.9. The molecule has 27 heavy (non-hydrogen) atoms. The van der Waals surface area contributed by atoms with Crippen molar-refractivity contribution in [2.75, 3.05) is 17.7 Å². The number of aryl methyl sites for hydroxylation is 1. The molecule has 3 aromatic rings. The molecule has 7 nitrogen and oxygen atoms in total. The van der Waals surface area contributed by atoms with Gasteiger partial charge in [-0.2, -0.15) is 0 Å². The van der Waals surface area contributed by atoms with Gasteiger partial charge in [-0.05, 0) is 43.3 Å². The summed E-state index contributed by atoms with van der Waals surface area (Å²) < 4.78 is 4.64. The number of nitrogens with zero attached hydrogens (tertiary/aromatic N) is 2. The summed E-state index contributed by atoms with van der Waals surface area (Å²) in [4.78, 5) is 32.0. The number of anilines is 3. The van der Waals surface area contributed by atoms with Crippen LogP contribution >= 0.6 is 0 Å². The van der Waals surface area contributed by atoms with E-state index in [2.05, 4.69) is 25.3 Å². The molecule has 0 aliphatic heterocycles. The third-order valence-electron chi connectivity index (χ3n) is 3.79. The molecular weight excluding hydrogens is 344 g/mol. The molecule has 0 radical (unpaired) electrons. The van der Waals surface area contributed by atoms with Gasteiger partial charge < -0.3 is 15.4 Å². The van der Waals surface area contributed by atoms with E-state index < -0.39 is 5.97 Å². The predicted molar refractivity (Wildman–Crippen MR) is 102 cm³/mol. The average molecular weight is 362 g/mol. The van der Waals surface area contributed by atoms with E-state index in [0.29, 0.717) is 17.1 Å². The van der Waals surface area contributed by atoms with Crippen LogP contribution in [-0.4, -0.2) is 29.0 Å². The van der Waals surface area contributed by atoms with Crippen LogP contribution in [0.25, 0.3) is 0 Å². The van der Waals surface area contributed by atoms with Crippen LogP contribution in [0.15, 0.2) is 60.9 Å². The fraction of sp³-hybridized carbons (Fsp3) is 0.100. The summed E-state index contributed by atoms with van der Waals surface area (Å²) in [5.41, 5.74) is 3.18. The second kappa shape index (κ2) is 8.09. The summed E-state index contributed by atoms with van der Waals surface area (Å²) in [5.74, 6) is -0.300. The number of benzene rings is 2. The standard InChI is InChI=1S/C20H18N4O3/c1-13-3-7-15(8-4-13)23-18-11-17(21-12-22-18)19(25)24-16-9-5-14(6-10-16)20(26)27-2/h3-12H,1-2H3,(H,24,25)(H,21,22,23). The monoisotopic (exact) mass is 362 g/mol. The van der Waals surface area contributed by atoms with Crippen LogP contribution < -0.4 is 10.6 Å². The smallest absolute Gasteiger partial charge is 0.337 e. The van der Waals surface area contributed by atoms with Gasteiger partial charge in [-0.3, -0.25) is 4.79 Å². The number of methoxy groups -OCH3 is 1. The predicted octanol–water partition coefficient (Wildman–Crippen LogP) is 3.57. The number of carbonyl (C=O) groups excluding carboxylic acids is 2. The molecule has 0 aliphatic carbocycles. The molecule has 0 bridgehead atoms. The zero-order valence-electron chi connectivity index (χ0n) is 14.9. The number of carbonyl (C=O) groups is 2. The molecule has 1 aromatic heterocycles. The highest BCUT2D eigenvalue weighted by Crippen LogP contribution is 2.16. The van der Waals surface area contributed by atoms with Crippen LogP contribution in [0.2, 0.25) is 0 Å². The Bertz CT molecular complexity index is 954. The van der Waals surface area contributed by atoms with Gasteiger partial charge in [-0.15, -0.1) is 0 Å². The minimum atomic E-state index is -0.435. The van der Waals surface area contributed by atoms with Crippen LogP contribution in [0.3, 0.4) is 0 Å². The lowest BCUT2D eigenvalue weighted by Gasteiger charge is -2.08. The minimum Gasteiger partial charge on any atom is -0.465 e. The summed E-state index contributed by atoms with van der Waals surface area (Å²) in [5, 5.41) is 5.87. The number of nitrogens with one attached hydrogen (secondary N) is 2. The maximum absolute atomic E-state index is 12.4. The molecule has 0 aliphatic rings. The number of esters is 1. The van der Waals surface area contributed by atoms with Crippen LogP contribution in [0.4, 0.5) is 17.2 Å². The molecule has 0 atom stereocenters. The van der Waals surface area contributed by atoms with Gasteiger partial charge in [0.05, 0.1) is 12.7 Å². The number of amides is 1. The van der Waals surface area contributed by atoms with E-state index in [1.165, 1.54) is 13.4 Å². The van der Waals surface area contributed by atoms with E-state index in [1.807, 2.05) is 31.2 Å². The summed E-state index contributed by atoms with van der Waals surface area (Å²) >= 11 is 0. The van der Waals surface area contributed by atoms with Gasteiger partial charge in [0.1, 0.15) is 17.8 Å². The summed E-state index contributed by atoms with van der Waals surface area (Å²) in [6.45, 7) is 2.01. The number of ether oxygens (including phenoxy) is 1. The molecule has 0 saturated heterocycles. The summed E-state index contributed by atoms with van der Waals surface area (Å²) in [7, 11) is 1.31. The highest BCUT2D eigenvalue weighted by molar-refractivity contribution is 6.03. The van der Waals surface area contributed by atoms with Crippen LogP contribution in [-0.2, 0) is 4.74 Å². The number of aromatic nitrogens is 2. The van der Waals surface area contributed by atoms with Crippen molar-refractivity contribution in [1.82, 2.24) is 9.97 Å². The maximum Gasteiger partial charge on any atom is 0.337 e. The Morgan fingerprint density at radius 3 is 2.26 bits per heavy atom. The Hall–Kier alpha value is -3.74. The van der Waals surface area contributed by atoms with Gasteiger partial charge in [0.25, 0.3) is 5.91 Å². The topological polar surface area (TPSA) is 93.2 Å². The molecule has 0 spiro atoms. The minimum absolute atomic E-state index is 0.219. The Morgan fingerprint density at radius 1 is 0.926 bits per heavy atom. The van der Waals surface area contributed by atoms with Crippen molar-refractivity contribution in [1.29, 1.82) is 0 Å². The van der Waals surface area contributed by atoms with Gasteiger partial charge in [0.2, 0.25) is 0 Å². The van der Waals surface area contributed by atoms with Crippen LogP contribution in [0.1, 0.15) is 26.4 Å². The first kappa shape index (κ1) is 18.1. The van der Waals surface area contributed by atoms with Gasteiger partial charge in [0.15, 0.2) is 0 Å². The van der Waals surface area contributed by atoms with Crippen molar-refractivity contribution < 1.29 is 14.3 Å². The molecule has 2 aromatic carbocycles. The molecule has 2 N–H and O–H groups in total. The van der Waals surface area contributed by atoms with Gasteiger partial charge >= 0.3 is 5.97 Å². The molecule has 1 amide bonds. The van der Waals surface area contributed by atoms with Gasteiger partial charge in [-0.1, -0.05) is 17.7 Å². The van der Waals surface area contributed by atoms with Crippen molar-refractivity contribution in [2.45, 2.75) is 6.92 Å². The van der Waals surface area contributed by atoms with Crippen molar-refractivity contribution in [2.24, 2.45) is 0 Å². The Labute approximate surface area is 156 Å². The molecule has 1 heterocycles. The van der Waals surface area contributed by atoms with E-state index in [4.69, 9.17) is 0 Å². The molecule has 0 unspecified atom stereocenters. The molecule has 7 heteroatoms. The molecule has 3 rings (SSSR count). The van der Waals surface area contributed by atoms with E-state index >= 15 is 0 Å². The van der Waals surface area contributed by atoms with E-state index in [-0.39, 0.29) is 11.6 Å². The normalized spacial score (nSPS) is 10.1. The summed E-state index contributed by atoms with van der Waals surface area (Å²) in [6.07, 6.45) is 1.33. The van der Waals surface area contributed by atoms with Gasteiger partial charge in [-0.25, -0.2) is 14.8 Å². The van der Waals surface area contributed by atoms with Crippen molar-refractivity contribution in [3.63, 3.8) is 0 Å². The Kier molecular flexibility index (Phi) is 5.41. The van der Waals surface area contributed by atoms with Crippen molar-refractivity contribution in [3.05, 3.63) is 77.7 Å². The number of hydrogen-bond acceptors (Lipinski definition) is 6. The van der Waals surface area contributed by atoms with Crippen molar-refractivity contribution >= 4 is 29.1 Å². The quantitative estimate of drug-likeness (QED) is 0.674. The lowest BCUT2D eigenvalue weighted by atomic mass is 10.2. The van der Waals surface area contributed by atoms with E-state index in [1.54, 1.807) is 30.3 Å². The fourth-order valence-corrected chi connectivity index (χ4v) is 2.34. The first-order valence-electron chi connectivity index (χ1n) is 8.20. The van der Waals surface area contributed by atoms with Crippen molar-refractivity contribution in [3.8, 4) is 0 Å². The lowest BCUT2D eigenvalue weighted by Crippen LogP contribution is -2.14. The second-order valence-electron chi connectivity index (χ2n) is 5.80. The largest absolute Gasteiger partial charge is 0.465 e. The third-order valence-corrected chi connectivity index (χ3v) is 3.79. The zero-order chi connectivity index (χ0) is 19.2. The molecule has 136 valence electrons. The first-order valence-corrected chi connectivity index (χ1v) is 8.20. The highest BCUT2D eigenvalue weighted by Gasteiger charge is 2.11. The van der Waals surface area contributed by atoms with Gasteiger partial charge in [0, 0.05) is 17.4 Å². The van der Waals surface area contributed by atoms with Crippen LogP contribution in [0.5, 0.6) is 0 Å². The molecule has 0 fully saturated rings. The second-order valence-corrected chi connectivity index (χ2v) is 5.80. The SMILES string of the molecule is COC(=O)c1ccc(NC(=O)c2cc(Nc3ccc(C)cc3)ncn2)cc1. The Balaban J connectivity index is 1.69. The molecular formula is C20H18N4O3. The number of rotatable bonds is 5. The highest BCUT2D eigenvalue weighted by atomic mass is 16.5. The molecule has 0 saturated carbocycles. The average Bonchev–Trinajstić information content (AvgIpc) is 2.70. The number of hydrogen-bond donors (Lipinski definition) is 2. The maximum atomic E-state index is 12.4. The fourth-order valence-electron chi connectivity index (χ4n) is 2.34. The Morgan fingerprint density at radius 2 is 1.59 bits per heavy atom.